The van der Waals surface area contributed by atoms with E-state index in [2.05, 4.69) is 43.3 Å². The Morgan fingerprint density at radius 1 is 0.609 bits per heavy atom. The third-order valence-corrected chi connectivity index (χ3v) is 3.97. The van der Waals surface area contributed by atoms with Gasteiger partial charge in [-0.15, -0.1) is 0 Å². The summed E-state index contributed by atoms with van der Waals surface area (Å²) in [5.74, 6) is 1.48. The maximum atomic E-state index is 5.49. The zero-order valence-corrected chi connectivity index (χ0v) is 13.7. The van der Waals surface area contributed by atoms with Crippen LogP contribution in [0.3, 0.4) is 0 Å². The van der Waals surface area contributed by atoms with Gasteiger partial charge in [0.05, 0.1) is 14.2 Å². The van der Waals surface area contributed by atoms with Crippen LogP contribution in [0.1, 0.15) is 5.56 Å². The first kappa shape index (κ1) is 15.2. The molecule has 23 heavy (non-hydrogen) atoms. The van der Waals surface area contributed by atoms with Crippen molar-refractivity contribution in [2.45, 2.75) is 6.92 Å². The summed E-state index contributed by atoms with van der Waals surface area (Å²) in [6.07, 6.45) is 0. The van der Waals surface area contributed by atoms with Crippen molar-refractivity contribution in [1.29, 1.82) is 0 Å². The molecule has 0 heterocycles. The molecule has 0 bridgehead atoms. The van der Waals surface area contributed by atoms with Gasteiger partial charge in [-0.05, 0) is 41.3 Å². The molecule has 116 valence electrons. The molecule has 2 nitrogen and oxygen atoms in total. The van der Waals surface area contributed by atoms with Gasteiger partial charge < -0.3 is 9.47 Å². The van der Waals surface area contributed by atoms with E-state index in [1.165, 1.54) is 5.56 Å². The first-order chi connectivity index (χ1) is 11.2. The number of ether oxygens (including phenoxy) is 2. The molecule has 0 aliphatic carbocycles. The number of rotatable bonds is 4. The lowest BCUT2D eigenvalue weighted by atomic mass is 9.93. The van der Waals surface area contributed by atoms with Crippen LogP contribution in [0, 0.1) is 6.92 Å². The second-order valence-corrected chi connectivity index (χ2v) is 5.48. The molecule has 0 N–H and O–H groups in total. The van der Waals surface area contributed by atoms with Crippen molar-refractivity contribution in [3.8, 4) is 33.8 Å². The van der Waals surface area contributed by atoms with Crippen molar-refractivity contribution >= 4 is 0 Å². The minimum atomic E-state index is 0.738. The van der Waals surface area contributed by atoms with Crippen molar-refractivity contribution in [3.05, 3.63) is 72.3 Å². The molecule has 0 atom stereocenters. The number of aryl methyl sites for hydroxylation is 1. The highest BCUT2D eigenvalue weighted by molar-refractivity contribution is 5.86. The average Bonchev–Trinajstić information content (AvgIpc) is 2.62. The largest absolute Gasteiger partial charge is 0.493 e. The Morgan fingerprint density at radius 2 is 1.09 bits per heavy atom. The zero-order chi connectivity index (χ0) is 16.2. The molecule has 3 rings (SSSR count). The van der Waals surface area contributed by atoms with Crippen molar-refractivity contribution in [1.82, 2.24) is 0 Å². The molecule has 3 aromatic rings. The molecule has 2 heteroatoms. The van der Waals surface area contributed by atoms with Crippen LogP contribution in [-0.4, -0.2) is 14.2 Å². The lowest BCUT2D eigenvalue weighted by Gasteiger charge is -2.16. The summed E-state index contributed by atoms with van der Waals surface area (Å²) < 4.78 is 11.0. The van der Waals surface area contributed by atoms with Crippen LogP contribution in [-0.2, 0) is 0 Å². The van der Waals surface area contributed by atoms with Crippen molar-refractivity contribution < 1.29 is 9.47 Å². The number of hydrogen-bond donors (Lipinski definition) is 0. The molecule has 0 saturated carbocycles. The highest BCUT2D eigenvalue weighted by atomic mass is 16.5. The third-order valence-electron chi connectivity index (χ3n) is 3.97. The lowest BCUT2D eigenvalue weighted by Crippen LogP contribution is -1.94. The van der Waals surface area contributed by atoms with Gasteiger partial charge in [-0.2, -0.15) is 0 Å². The molecule has 0 fully saturated rings. The normalized spacial score (nSPS) is 10.4. The number of methoxy groups -OCH3 is 2. The minimum absolute atomic E-state index is 0.738. The topological polar surface area (TPSA) is 18.5 Å². The Hall–Kier alpha value is -2.74. The van der Waals surface area contributed by atoms with E-state index in [0.717, 1.165) is 33.8 Å². The summed E-state index contributed by atoms with van der Waals surface area (Å²) in [6.45, 7) is 2.09. The van der Waals surface area contributed by atoms with Gasteiger partial charge in [0, 0.05) is 0 Å². The minimum Gasteiger partial charge on any atom is -0.493 e. The predicted octanol–water partition coefficient (Wildman–Crippen LogP) is 5.35. The average molecular weight is 304 g/mol. The van der Waals surface area contributed by atoms with Crippen LogP contribution >= 0.6 is 0 Å². The van der Waals surface area contributed by atoms with E-state index in [4.69, 9.17) is 9.47 Å². The third kappa shape index (κ3) is 3.07. The predicted molar refractivity (Wildman–Crippen MR) is 95.2 cm³/mol. The van der Waals surface area contributed by atoms with Gasteiger partial charge in [-0.25, -0.2) is 0 Å². The van der Waals surface area contributed by atoms with E-state index in [0.29, 0.717) is 0 Å². The lowest BCUT2D eigenvalue weighted by molar-refractivity contribution is 0.355. The zero-order valence-electron chi connectivity index (χ0n) is 13.7. The van der Waals surface area contributed by atoms with Crippen LogP contribution in [0.15, 0.2) is 66.7 Å². The monoisotopic (exact) mass is 304 g/mol. The highest BCUT2D eigenvalue weighted by Crippen LogP contribution is 2.40. The van der Waals surface area contributed by atoms with Crippen molar-refractivity contribution in [2.24, 2.45) is 0 Å². The molecule has 3 aromatic carbocycles. The Bertz CT molecular complexity index is 790. The molecule has 0 unspecified atom stereocenters. The van der Waals surface area contributed by atoms with Gasteiger partial charge in [0.2, 0.25) is 0 Å². The summed E-state index contributed by atoms with van der Waals surface area (Å²) >= 11 is 0. The fourth-order valence-electron chi connectivity index (χ4n) is 2.71. The van der Waals surface area contributed by atoms with Gasteiger partial charge in [0.25, 0.3) is 0 Å². The Balaban J connectivity index is 2.25. The van der Waals surface area contributed by atoms with E-state index in [9.17, 15) is 0 Å². The van der Waals surface area contributed by atoms with Crippen LogP contribution < -0.4 is 9.47 Å². The van der Waals surface area contributed by atoms with E-state index in [1.807, 2.05) is 30.3 Å². The highest BCUT2D eigenvalue weighted by Gasteiger charge is 2.14. The maximum Gasteiger partial charge on any atom is 0.161 e. The van der Waals surface area contributed by atoms with Crippen LogP contribution in [0.4, 0.5) is 0 Å². The smallest absolute Gasteiger partial charge is 0.161 e. The van der Waals surface area contributed by atoms with Gasteiger partial charge in [-0.3, -0.25) is 0 Å². The Kier molecular flexibility index (Phi) is 4.33. The Labute approximate surface area is 137 Å². The molecular formula is C21H20O2. The molecule has 0 amide bonds. The first-order valence-electron chi connectivity index (χ1n) is 7.61. The first-order valence-corrected chi connectivity index (χ1v) is 7.61. The van der Waals surface area contributed by atoms with Crippen molar-refractivity contribution in [2.75, 3.05) is 14.2 Å². The fraction of sp³-hybridized carbons (Fsp3) is 0.143. The fourth-order valence-corrected chi connectivity index (χ4v) is 2.71. The second-order valence-electron chi connectivity index (χ2n) is 5.48. The summed E-state index contributed by atoms with van der Waals surface area (Å²) in [4.78, 5) is 0. The standard InChI is InChI=1S/C21H20O2/c1-15-9-11-17(12-10-15)19-14-21(23-3)20(22-2)13-18(19)16-7-5-4-6-8-16/h4-14H,1-3H3. The summed E-state index contributed by atoms with van der Waals surface area (Å²) in [5, 5.41) is 0. The van der Waals surface area contributed by atoms with Crippen LogP contribution in [0.25, 0.3) is 22.3 Å². The summed E-state index contributed by atoms with van der Waals surface area (Å²) in [7, 11) is 3.33. The number of benzene rings is 3. The quantitative estimate of drug-likeness (QED) is 0.647. The van der Waals surface area contributed by atoms with Gasteiger partial charge >= 0.3 is 0 Å². The van der Waals surface area contributed by atoms with Crippen LogP contribution in [0.2, 0.25) is 0 Å². The van der Waals surface area contributed by atoms with E-state index in [-0.39, 0.29) is 0 Å². The van der Waals surface area contributed by atoms with E-state index >= 15 is 0 Å². The van der Waals surface area contributed by atoms with Gasteiger partial charge in [0.1, 0.15) is 0 Å². The van der Waals surface area contributed by atoms with E-state index in [1.54, 1.807) is 14.2 Å². The van der Waals surface area contributed by atoms with Gasteiger partial charge in [-0.1, -0.05) is 60.2 Å². The second kappa shape index (κ2) is 6.57. The molecule has 0 radical (unpaired) electrons. The maximum absolute atomic E-state index is 5.49. The Morgan fingerprint density at radius 3 is 1.57 bits per heavy atom. The van der Waals surface area contributed by atoms with Gasteiger partial charge in [0.15, 0.2) is 11.5 Å². The van der Waals surface area contributed by atoms with E-state index < -0.39 is 0 Å². The summed E-state index contributed by atoms with van der Waals surface area (Å²) in [5.41, 5.74) is 5.83. The van der Waals surface area contributed by atoms with Crippen molar-refractivity contribution in [3.63, 3.8) is 0 Å². The summed E-state index contributed by atoms with van der Waals surface area (Å²) in [6, 6.07) is 23.0. The SMILES string of the molecule is COc1cc(-c2ccccc2)c(-c2ccc(C)cc2)cc1OC. The number of hydrogen-bond acceptors (Lipinski definition) is 2. The molecule has 0 saturated heterocycles. The molecule has 0 spiro atoms. The molecule has 0 aliphatic rings. The molecular weight excluding hydrogens is 284 g/mol. The molecule has 0 aliphatic heterocycles. The van der Waals surface area contributed by atoms with Crippen LogP contribution in [0.5, 0.6) is 11.5 Å². The molecule has 0 aromatic heterocycles.